The summed E-state index contributed by atoms with van der Waals surface area (Å²) in [5, 5.41) is 0.0258. The maximum Gasteiger partial charge on any atom is 0.211 e. The molecule has 2 aromatic rings. The number of hydrogen-bond acceptors (Lipinski definition) is 4. The first kappa shape index (κ1) is 17.5. The number of carbonyl (C=O) groups is 1. The Bertz CT molecular complexity index is 726. The lowest BCUT2D eigenvalue weighted by Crippen LogP contribution is -2.16. The molecule has 0 fully saturated rings. The molecule has 0 spiro atoms. The first-order valence-electron chi connectivity index (χ1n) is 7.64. The Balaban J connectivity index is 1.95. The van der Waals surface area contributed by atoms with E-state index in [4.69, 9.17) is 0 Å². The van der Waals surface area contributed by atoms with E-state index in [2.05, 4.69) is 62.0 Å². The van der Waals surface area contributed by atoms with E-state index < -0.39 is 0 Å². The summed E-state index contributed by atoms with van der Waals surface area (Å²) in [5.41, 5.74) is 2.56. The minimum atomic E-state index is -0.181. The second kappa shape index (κ2) is 7.68. The van der Waals surface area contributed by atoms with Crippen molar-refractivity contribution in [2.45, 2.75) is 11.0 Å². The number of allylic oxidation sites excluding steroid dienone is 1. The van der Waals surface area contributed by atoms with E-state index in [1.54, 1.807) is 0 Å². The molecule has 0 aliphatic carbocycles. The third-order valence-corrected chi connectivity index (χ3v) is 8.24. The van der Waals surface area contributed by atoms with Crippen LogP contribution in [0.4, 0.5) is 0 Å². The van der Waals surface area contributed by atoms with Gasteiger partial charge < -0.3 is 0 Å². The highest BCUT2D eigenvalue weighted by Crippen LogP contribution is 2.63. The molecule has 0 radical (unpaired) electrons. The third kappa shape index (κ3) is 3.51. The fourth-order valence-corrected chi connectivity index (χ4v) is 6.91. The summed E-state index contributed by atoms with van der Waals surface area (Å²) < 4.78 is -0.181. The van der Waals surface area contributed by atoms with Crippen LogP contribution in [0, 0.1) is 0 Å². The van der Waals surface area contributed by atoms with Gasteiger partial charge in [-0.05, 0) is 29.0 Å². The topological polar surface area (TPSA) is 17.1 Å². The zero-order chi connectivity index (χ0) is 17.0. The molecule has 0 atom stereocenters. The summed E-state index contributed by atoms with van der Waals surface area (Å²) in [6.07, 6.45) is 1.38. The summed E-state index contributed by atoms with van der Waals surface area (Å²) in [6.45, 7) is 5.70. The summed E-state index contributed by atoms with van der Waals surface area (Å²) in [5.74, 6) is 0.704. The van der Waals surface area contributed by atoms with Gasteiger partial charge in [0.25, 0.3) is 0 Å². The second-order valence-corrected chi connectivity index (χ2v) is 9.32. The van der Waals surface area contributed by atoms with Crippen LogP contribution in [0.15, 0.2) is 83.1 Å². The molecule has 0 amide bonds. The molecule has 3 rings (SSSR count). The molecule has 122 valence electrons. The monoisotopic (exact) mass is 370 g/mol. The van der Waals surface area contributed by atoms with Gasteiger partial charge in [-0.2, -0.15) is 0 Å². The van der Waals surface area contributed by atoms with Crippen molar-refractivity contribution < 1.29 is 4.79 Å². The van der Waals surface area contributed by atoms with Gasteiger partial charge in [0, 0.05) is 10.7 Å². The molecule has 0 bridgehead atoms. The van der Waals surface area contributed by atoms with Crippen molar-refractivity contribution in [2.75, 3.05) is 5.75 Å². The van der Waals surface area contributed by atoms with Gasteiger partial charge in [0.1, 0.15) is 4.08 Å². The van der Waals surface area contributed by atoms with Crippen molar-refractivity contribution in [1.29, 1.82) is 0 Å². The maximum absolute atomic E-state index is 11.6. The molecule has 1 nitrogen and oxygen atoms in total. The van der Waals surface area contributed by atoms with Gasteiger partial charge in [-0.3, -0.25) is 4.79 Å². The molecule has 1 aliphatic heterocycles. The van der Waals surface area contributed by atoms with E-state index in [9.17, 15) is 4.79 Å². The van der Waals surface area contributed by atoms with E-state index in [-0.39, 0.29) is 9.19 Å². The number of benzene rings is 2. The van der Waals surface area contributed by atoms with E-state index in [1.165, 1.54) is 38.8 Å². The SMILES string of the molecule is C=CC(=O)SCC1=C(C)SC(c2ccccc2)(c2ccccc2)S1. The first-order valence-corrected chi connectivity index (χ1v) is 10.3. The predicted octanol–water partition coefficient (Wildman–Crippen LogP) is 6.05. The Morgan fingerprint density at radius 2 is 1.58 bits per heavy atom. The van der Waals surface area contributed by atoms with E-state index in [0.29, 0.717) is 5.75 Å². The molecule has 0 N–H and O–H groups in total. The van der Waals surface area contributed by atoms with Crippen LogP contribution >= 0.6 is 35.3 Å². The van der Waals surface area contributed by atoms with Crippen molar-refractivity contribution in [2.24, 2.45) is 0 Å². The van der Waals surface area contributed by atoms with Crippen molar-refractivity contribution in [3.63, 3.8) is 0 Å². The zero-order valence-electron chi connectivity index (χ0n) is 13.4. The Hall–Kier alpha value is -1.36. The molecule has 0 saturated carbocycles. The fraction of sp³-hybridized carbons (Fsp3) is 0.150. The molecule has 4 heteroatoms. The smallest absolute Gasteiger partial charge is 0.211 e. The van der Waals surface area contributed by atoms with Crippen LogP contribution in [-0.4, -0.2) is 10.9 Å². The fourth-order valence-electron chi connectivity index (χ4n) is 2.58. The third-order valence-electron chi connectivity index (χ3n) is 3.78. The minimum Gasteiger partial charge on any atom is -0.282 e. The standard InChI is InChI=1S/C20H18OS3/c1-3-19(21)22-14-18-15(2)23-20(24-18,16-10-6-4-7-11-16)17-12-8-5-9-13-17/h3-13H,1,14H2,2H3. The van der Waals surface area contributed by atoms with E-state index >= 15 is 0 Å². The highest BCUT2D eigenvalue weighted by molar-refractivity contribution is 8.25. The summed E-state index contributed by atoms with van der Waals surface area (Å²) in [4.78, 5) is 14.1. The van der Waals surface area contributed by atoms with Gasteiger partial charge >= 0.3 is 0 Å². The van der Waals surface area contributed by atoms with Crippen LogP contribution in [0.25, 0.3) is 0 Å². The summed E-state index contributed by atoms with van der Waals surface area (Å²) >= 11 is 5.06. The van der Waals surface area contributed by atoms with Crippen LogP contribution in [-0.2, 0) is 8.87 Å². The zero-order valence-corrected chi connectivity index (χ0v) is 15.8. The summed E-state index contributed by atoms with van der Waals surface area (Å²) in [7, 11) is 0. The largest absolute Gasteiger partial charge is 0.282 e. The van der Waals surface area contributed by atoms with Gasteiger partial charge in [0.15, 0.2) is 0 Å². The molecule has 2 aromatic carbocycles. The molecular weight excluding hydrogens is 352 g/mol. The quantitative estimate of drug-likeness (QED) is 0.596. The number of carbonyl (C=O) groups excluding carboxylic acids is 1. The van der Waals surface area contributed by atoms with Crippen molar-refractivity contribution in [3.8, 4) is 0 Å². The van der Waals surface area contributed by atoms with Gasteiger partial charge in [-0.25, -0.2) is 0 Å². The second-order valence-electron chi connectivity index (χ2n) is 5.34. The predicted molar refractivity (Wildman–Crippen MR) is 109 cm³/mol. The van der Waals surface area contributed by atoms with Gasteiger partial charge in [-0.1, -0.05) is 79.0 Å². The Kier molecular flexibility index (Phi) is 5.59. The lowest BCUT2D eigenvalue weighted by atomic mass is 10.0. The van der Waals surface area contributed by atoms with Crippen molar-refractivity contribution in [1.82, 2.24) is 0 Å². The Morgan fingerprint density at radius 3 is 2.08 bits per heavy atom. The Labute approximate surface area is 156 Å². The average molecular weight is 371 g/mol. The number of hydrogen-bond donors (Lipinski definition) is 0. The molecule has 1 heterocycles. The lowest BCUT2D eigenvalue weighted by molar-refractivity contribution is -0.107. The van der Waals surface area contributed by atoms with E-state index in [0.717, 1.165) is 0 Å². The van der Waals surface area contributed by atoms with Crippen LogP contribution in [0.3, 0.4) is 0 Å². The maximum atomic E-state index is 11.6. The normalized spacial score (nSPS) is 16.2. The number of rotatable bonds is 5. The van der Waals surface area contributed by atoms with Gasteiger partial charge in [-0.15, -0.1) is 23.5 Å². The van der Waals surface area contributed by atoms with Crippen LogP contribution in [0.1, 0.15) is 18.1 Å². The highest BCUT2D eigenvalue weighted by atomic mass is 32.2. The number of thioether (sulfide) groups is 3. The molecule has 0 aromatic heterocycles. The van der Waals surface area contributed by atoms with Crippen molar-refractivity contribution >= 4 is 40.4 Å². The molecule has 0 unspecified atom stereocenters. The molecule has 24 heavy (non-hydrogen) atoms. The summed E-state index contributed by atoms with van der Waals surface area (Å²) in [6, 6.07) is 21.2. The van der Waals surface area contributed by atoms with Crippen LogP contribution in [0.5, 0.6) is 0 Å². The molecular formula is C20H18OS3. The minimum absolute atomic E-state index is 0.0258. The van der Waals surface area contributed by atoms with Crippen LogP contribution < -0.4 is 0 Å². The lowest BCUT2D eigenvalue weighted by Gasteiger charge is -2.29. The first-order chi connectivity index (χ1) is 11.7. The van der Waals surface area contributed by atoms with Crippen LogP contribution in [0.2, 0.25) is 0 Å². The molecule has 0 saturated heterocycles. The van der Waals surface area contributed by atoms with Gasteiger partial charge in [0.2, 0.25) is 5.12 Å². The van der Waals surface area contributed by atoms with Crippen molar-refractivity contribution in [3.05, 3.63) is 94.3 Å². The molecule has 1 aliphatic rings. The average Bonchev–Trinajstić information content (AvgIpc) is 2.99. The van der Waals surface area contributed by atoms with Gasteiger partial charge in [0.05, 0.1) is 0 Å². The van der Waals surface area contributed by atoms with E-state index in [1.807, 2.05) is 35.7 Å². The highest BCUT2D eigenvalue weighted by Gasteiger charge is 2.42. The Morgan fingerprint density at radius 1 is 1.04 bits per heavy atom.